The SMILES string of the molecule is [2H]c1c(C([2H])([2H])[C@]2([2H])N([2H])C(=O)OC2([2H])[2H])c([2H])c2c(CC([2H])([2H])N(C)C)cn([2H])c2c1[2H]. The number of hydrogen-bond donors (Lipinski definition) is 2. The number of nitrogens with zero attached hydrogens (tertiary/aromatic N) is 1. The van der Waals surface area contributed by atoms with Crippen LogP contribution in [0.15, 0.2) is 24.3 Å². The molecule has 0 saturated carbocycles. The molecule has 3 rings (SSSR count). The first kappa shape index (κ1) is 5.65. The van der Waals surface area contributed by atoms with Gasteiger partial charge in [0.1, 0.15) is 6.56 Å². The topological polar surface area (TPSA) is 57.4 Å². The van der Waals surface area contributed by atoms with E-state index in [2.05, 4.69) is 4.74 Å². The Bertz CT molecular complexity index is 1150. The molecular weight excluding hydrogens is 266 g/mol. The number of aryl methyl sites for hydroxylation is 1. The molecule has 1 atom stereocenters. The van der Waals surface area contributed by atoms with Crippen molar-refractivity contribution in [3.8, 4) is 0 Å². The molecule has 21 heavy (non-hydrogen) atoms. The predicted octanol–water partition coefficient (Wildman–Crippen LogP) is 1.92. The van der Waals surface area contributed by atoms with Crippen molar-refractivity contribution < 1.29 is 26.1 Å². The van der Waals surface area contributed by atoms with Crippen LogP contribution in [0.25, 0.3) is 10.9 Å². The number of aromatic nitrogens is 1. The number of ether oxygens (including phenoxy) is 1. The van der Waals surface area contributed by atoms with Gasteiger partial charge in [0.15, 0.2) is 2.82 Å². The van der Waals surface area contributed by atoms with Crippen molar-refractivity contribution in [2.24, 2.45) is 0 Å². The van der Waals surface area contributed by atoms with Crippen LogP contribution in [0.4, 0.5) is 4.79 Å². The highest BCUT2D eigenvalue weighted by molar-refractivity contribution is 5.84. The van der Waals surface area contributed by atoms with Crippen molar-refractivity contribution in [2.75, 3.05) is 27.2 Å². The summed E-state index contributed by atoms with van der Waals surface area (Å²) in [6, 6.07) is -5.80. The molecular formula is C16H21N3O2. The van der Waals surface area contributed by atoms with E-state index in [1.807, 2.05) is 0 Å². The first-order valence-corrected chi connectivity index (χ1v) is 6.16. The number of amides is 1. The summed E-state index contributed by atoms with van der Waals surface area (Å²) in [5.74, 6) is 0. The fourth-order valence-corrected chi connectivity index (χ4v) is 1.78. The van der Waals surface area contributed by atoms with Gasteiger partial charge in [0.05, 0.1) is 14.2 Å². The number of nitrogens with one attached hydrogen (secondary N) is 2. The van der Waals surface area contributed by atoms with Crippen LogP contribution in [0.5, 0.6) is 0 Å². The molecule has 1 aromatic carbocycles. The van der Waals surface area contributed by atoms with Crippen LogP contribution in [0, 0.1) is 0 Å². The molecule has 2 N–H and O–H groups in total. The van der Waals surface area contributed by atoms with Gasteiger partial charge in [-0.05, 0) is 50.1 Å². The Labute approximate surface area is 141 Å². The lowest BCUT2D eigenvalue weighted by Gasteiger charge is -2.09. The zero-order valence-electron chi connectivity index (χ0n) is 23.4. The summed E-state index contributed by atoms with van der Waals surface area (Å²) in [4.78, 5) is 13.7. The van der Waals surface area contributed by atoms with E-state index in [1.165, 1.54) is 19.0 Å². The summed E-state index contributed by atoms with van der Waals surface area (Å²) in [7, 11) is 2.94. The number of alkyl carbamates (subject to hydrolysis) is 1. The van der Waals surface area contributed by atoms with E-state index >= 15 is 0 Å². The number of fused-ring (bicyclic) bond motifs is 1. The van der Waals surface area contributed by atoms with E-state index in [4.69, 9.17) is 16.5 Å². The van der Waals surface area contributed by atoms with Crippen LogP contribution >= 0.6 is 0 Å². The molecule has 5 nitrogen and oxygen atoms in total. The minimum absolute atomic E-state index is 0.0535. The number of H-pyrrole nitrogens is 1. The number of benzene rings is 1. The third kappa shape index (κ3) is 3.19. The van der Waals surface area contributed by atoms with Gasteiger partial charge in [-0.3, -0.25) is 0 Å². The Morgan fingerprint density at radius 2 is 2.52 bits per heavy atom. The van der Waals surface area contributed by atoms with Gasteiger partial charge >= 0.3 is 6.09 Å². The Kier molecular flexibility index (Phi) is 1.55. The number of cyclic esters (lactones) is 1. The Morgan fingerprint density at radius 1 is 1.67 bits per heavy atom. The minimum atomic E-state index is -3.40. The van der Waals surface area contributed by atoms with Gasteiger partial charge in [-0.1, -0.05) is 6.04 Å². The van der Waals surface area contributed by atoms with Gasteiger partial charge in [-0.25, -0.2) is 4.79 Å². The third-order valence-electron chi connectivity index (χ3n) is 2.73. The van der Waals surface area contributed by atoms with Crippen molar-refractivity contribution in [1.82, 2.24) is 15.2 Å². The second kappa shape index (κ2) is 5.77. The van der Waals surface area contributed by atoms with Crippen LogP contribution in [-0.2, 0) is 17.5 Å². The molecule has 1 aromatic heterocycles. The second-order valence-corrected chi connectivity index (χ2v) is 4.54. The molecule has 5 heteroatoms. The lowest BCUT2D eigenvalue weighted by atomic mass is 10.0. The predicted molar refractivity (Wildman–Crippen MR) is 82.5 cm³/mol. The number of carbonyl (C=O) groups excluding carboxylic acids is 1. The van der Waals surface area contributed by atoms with Crippen LogP contribution in [0.1, 0.15) is 24.8 Å². The Balaban J connectivity index is 2.37. The second-order valence-electron chi connectivity index (χ2n) is 4.54. The average Bonchev–Trinajstić information content (AvgIpc) is 3.06. The number of hydrogen-bond acceptors (Lipinski definition) is 3. The van der Waals surface area contributed by atoms with Crippen LogP contribution in [0.3, 0.4) is 0 Å². The maximum atomic E-state index is 11.8. The van der Waals surface area contributed by atoms with E-state index in [1.54, 1.807) is 0 Å². The van der Waals surface area contributed by atoms with Gasteiger partial charge in [-0.15, -0.1) is 0 Å². The lowest BCUT2D eigenvalue weighted by molar-refractivity contribution is 0.177. The Hall–Kier alpha value is -2.01. The molecule has 112 valence electrons. The monoisotopic (exact) mass is 299 g/mol. The van der Waals surface area contributed by atoms with E-state index < -0.39 is 55.2 Å². The minimum Gasteiger partial charge on any atom is -0.447 e. The maximum absolute atomic E-state index is 11.8. The highest BCUT2D eigenvalue weighted by Crippen LogP contribution is 2.21. The summed E-state index contributed by atoms with van der Waals surface area (Å²) in [6.45, 7) is -5.31. The first-order chi connectivity index (χ1) is 14.8. The number of carbonyl (C=O) groups is 1. The first-order valence-electron chi connectivity index (χ1n) is 12.0. The molecule has 1 amide bonds. The van der Waals surface area contributed by atoms with Gasteiger partial charge in [-0.2, -0.15) is 0 Å². The zero-order valence-corrected chi connectivity index (χ0v) is 11.4. The molecule has 0 aliphatic carbocycles. The van der Waals surface area contributed by atoms with Crippen molar-refractivity contribution in [2.45, 2.75) is 18.8 Å². The molecule has 0 unspecified atom stereocenters. The number of aromatic amines is 1. The summed E-state index contributed by atoms with van der Waals surface area (Å²) >= 11 is 0. The quantitative estimate of drug-likeness (QED) is 0.887. The summed E-state index contributed by atoms with van der Waals surface area (Å²) in [5.41, 5.74) is -1.16. The normalized spacial score (nSPS) is 34.2. The molecule has 2 aromatic rings. The van der Waals surface area contributed by atoms with E-state index in [9.17, 15) is 4.79 Å². The fraction of sp³-hybridized carbons (Fsp3) is 0.438. The van der Waals surface area contributed by atoms with Crippen LogP contribution in [0.2, 0.25) is 2.82 Å². The number of rotatable bonds is 5. The van der Waals surface area contributed by atoms with Gasteiger partial charge in [0.25, 0.3) is 0 Å². The van der Waals surface area contributed by atoms with E-state index in [0.29, 0.717) is 4.98 Å². The molecule has 1 aliphatic rings. The molecule has 0 spiro atoms. The molecule has 0 radical (unpaired) electrons. The fourth-order valence-electron chi connectivity index (χ4n) is 1.78. The van der Waals surface area contributed by atoms with E-state index in [-0.39, 0.29) is 28.2 Å². The molecule has 1 aliphatic heterocycles. The molecule has 0 bridgehead atoms. The van der Waals surface area contributed by atoms with Crippen molar-refractivity contribution in [3.63, 3.8) is 0 Å². The lowest BCUT2D eigenvalue weighted by Crippen LogP contribution is -2.28. The standard InChI is InChI=1S/C16H21N3O2/c1-19(2)6-5-12-9-17-15-4-3-11(8-14(12)15)7-13-10-21-16(20)18-13/h3-4,8-9,13,17H,5-7,10H2,1-2H3,(H,18,20)/t13-/m0/s1/i3D,4D,6D2,7D2,8D,10D2,13D/hD2. The third-order valence-corrected chi connectivity index (χ3v) is 2.73. The molecule has 1 fully saturated rings. The Morgan fingerprint density at radius 3 is 3.24 bits per heavy atom. The number of likely N-dealkylation sites (N-methyl/N-ethyl adjacent to an activating group) is 1. The smallest absolute Gasteiger partial charge is 0.407 e. The maximum Gasteiger partial charge on any atom is 0.407 e. The highest BCUT2D eigenvalue weighted by Gasteiger charge is 2.22. The van der Waals surface area contributed by atoms with Gasteiger partial charge in [0.2, 0.25) is 0 Å². The van der Waals surface area contributed by atoms with Gasteiger partial charge in [0, 0.05) is 29.1 Å². The highest BCUT2D eigenvalue weighted by atomic mass is 16.6. The average molecular weight is 299 g/mol. The van der Waals surface area contributed by atoms with Crippen molar-refractivity contribution in [1.29, 1.82) is 0 Å². The van der Waals surface area contributed by atoms with Crippen molar-refractivity contribution in [3.05, 3.63) is 35.5 Å². The zero-order chi connectivity index (χ0) is 25.5. The molecule has 1 saturated heterocycles. The van der Waals surface area contributed by atoms with Crippen molar-refractivity contribution >= 4 is 17.0 Å². The van der Waals surface area contributed by atoms with Gasteiger partial charge < -0.3 is 19.9 Å². The summed E-state index contributed by atoms with van der Waals surface area (Å²) < 4.78 is 103. The largest absolute Gasteiger partial charge is 0.447 e. The summed E-state index contributed by atoms with van der Waals surface area (Å²) in [6.07, 6.45) is -4.27. The van der Waals surface area contributed by atoms with E-state index in [0.717, 1.165) is 6.20 Å². The molecule has 2 heterocycles. The summed E-state index contributed by atoms with van der Waals surface area (Å²) in [5, 5.41) is -0.567. The van der Waals surface area contributed by atoms with Crippen LogP contribution < -0.4 is 5.31 Å². The van der Waals surface area contributed by atoms with Crippen LogP contribution in [-0.4, -0.2) is 49.1 Å².